The van der Waals surface area contributed by atoms with E-state index in [1.165, 1.54) is 0 Å². The Kier molecular flexibility index (Phi) is 4.20. The lowest BCUT2D eigenvalue weighted by Gasteiger charge is -2.22. The van der Waals surface area contributed by atoms with Crippen molar-refractivity contribution in [1.82, 2.24) is 15.1 Å². The van der Waals surface area contributed by atoms with Gasteiger partial charge in [-0.1, -0.05) is 13.8 Å². The van der Waals surface area contributed by atoms with Crippen LogP contribution < -0.4 is 10.1 Å². The first-order chi connectivity index (χ1) is 7.70. The Bertz CT molecular complexity index is 375. The Balaban J connectivity index is 2.94. The normalized spacial score (nSPS) is 12.2. The van der Waals surface area contributed by atoms with Crippen LogP contribution in [0, 0.1) is 6.92 Å². The van der Waals surface area contributed by atoms with Crippen LogP contribution in [0.1, 0.15) is 45.9 Å². The third kappa shape index (κ3) is 4.04. The zero-order valence-electron chi connectivity index (χ0n) is 12.1. The number of aromatic nitrogens is 2. The summed E-state index contributed by atoms with van der Waals surface area (Å²) in [5.74, 6) is 0.864. The van der Waals surface area contributed by atoms with Crippen molar-refractivity contribution in [2.75, 3.05) is 0 Å². The molecule has 0 aliphatic heterocycles. The van der Waals surface area contributed by atoms with Crippen molar-refractivity contribution in [3.05, 3.63) is 11.3 Å². The summed E-state index contributed by atoms with van der Waals surface area (Å²) >= 11 is 0. The molecule has 0 saturated heterocycles. The summed E-state index contributed by atoms with van der Waals surface area (Å²) in [5.41, 5.74) is 1.98. The summed E-state index contributed by atoms with van der Waals surface area (Å²) in [4.78, 5) is 0. The summed E-state index contributed by atoms with van der Waals surface area (Å²) < 4.78 is 7.79. The number of nitrogens with one attached hydrogen (secondary N) is 1. The van der Waals surface area contributed by atoms with Crippen molar-refractivity contribution >= 4 is 0 Å². The van der Waals surface area contributed by atoms with E-state index in [-0.39, 0.29) is 5.60 Å². The van der Waals surface area contributed by atoms with E-state index < -0.39 is 0 Å². The molecule has 1 heterocycles. The second kappa shape index (κ2) is 5.08. The van der Waals surface area contributed by atoms with Gasteiger partial charge >= 0.3 is 0 Å². The number of rotatable bonds is 4. The fourth-order valence-corrected chi connectivity index (χ4v) is 1.61. The molecule has 4 nitrogen and oxygen atoms in total. The van der Waals surface area contributed by atoms with E-state index in [4.69, 9.17) is 4.74 Å². The zero-order chi connectivity index (χ0) is 13.2. The van der Waals surface area contributed by atoms with Gasteiger partial charge in [0.2, 0.25) is 5.88 Å². The first kappa shape index (κ1) is 14.0. The smallest absolute Gasteiger partial charge is 0.216 e. The van der Waals surface area contributed by atoms with Crippen LogP contribution in [-0.2, 0) is 13.6 Å². The first-order valence-electron chi connectivity index (χ1n) is 6.15. The third-order valence-electron chi connectivity index (χ3n) is 2.38. The molecule has 0 amide bonds. The Hall–Kier alpha value is -1.03. The number of ether oxygens (including phenoxy) is 1. The molecule has 98 valence electrons. The van der Waals surface area contributed by atoms with Gasteiger partial charge in [-0.15, -0.1) is 0 Å². The molecule has 0 fully saturated rings. The van der Waals surface area contributed by atoms with Gasteiger partial charge in [-0.05, 0) is 27.7 Å². The summed E-state index contributed by atoms with van der Waals surface area (Å²) in [6.07, 6.45) is 0. The van der Waals surface area contributed by atoms with Crippen LogP contribution in [0.4, 0.5) is 0 Å². The minimum Gasteiger partial charge on any atom is -0.472 e. The van der Waals surface area contributed by atoms with Crippen molar-refractivity contribution < 1.29 is 4.74 Å². The van der Waals surface area contributed by atoms with Crippen LogP contribution in [0.5, 0.6) is 5.88 Å². The van der Waals surface area contributed by atoms with E-state index in [9.17, 15) is 0 Å². The first-order valence-corrected chi connectivity index (χ1v) is 6.15. The van der Waals surface area contributed by atoms with Crippen molar-refractivity contribution in [1.29, 1.82) is 0 Å². The molecule has 0 bridgehead atoms. The molecule has 0 aromatic carbocycles. The van der Waals surface area contributed by atoms with Gasteiger partial charge in [-0.3, -0.25) is 0 Å². The van der Waals surface area contributed by atoms with Gasteiger partial charge < -0.3 is 10.1 Å². The van der Waals surface area contributed by atoms with Gasteiger partial charge in [-0.25, -0.2) is 4.68 Å². The highest BCUT2D eigenvalue weighted by Gasteiger charge is 2.20. The summed E-state index contributed by atoms with van der Waals surface area (Å²) in [5, 5.41) is 7.83. The lowest BCUT2D eigenvalue weighted by atomic mass is 10.2. The molecule has 0 aliphatic rings. The molecule has 4 heteroatoms. The highest BCUT2D eigenvalue weighted by Crippen LogP contribution is 2.25. The fourth-order valence-electron chi connectivity index (χ4n) is 1.61. The van der Waals surface area contributed by atoms with E-state index >= 15 is 0 Å². The van der Waals surface area contributed by atoms with E-state index in [1.807, 2.05) is 18.7 Å². The maximum absolute atomic E-state index is 5.98. The summed E-state index contributed by atoms with van der Waals surface area (Å²) in [6, 6.07) is 0.456. The summed E-state index contributed by atoms with van der Waals surface area (Å²) in [6.45, 7) is 13.2. The van der Waals surface area contributed by atoms with Crippen LogP contribution in [-0.4, -0.2) is 21.4 Å². The average molecular weight is 239 g/mol. The predicted molar refractivity (Wildman–Crippen MR) is 70.3 cm³/mol. The molecular formula is C13H25N3O. The Morgan fingerprint density at radius 2 is 1.94 bits per heavy atom. The van der Waals surface area contributed by atoms with Gasteiger partial charge in [0.15, 0.2) is 0 Å². The molecule has 0 saturated carbocycles. The standard InChI is InChI=1S/C13H25N3O/c1-9(2)14-8-11-10(3)15-16(7)12(11)17-13(4,5)6/h9,14H,8H2,1-7H3. The highest BCUT2D eigenvalue weighted by atomic mass is 16.5. The highest BCUT2D eigenvalue weighted by molar-refractivity contribution is 5.31. The van der Waals surface area contributed by atoms with E-state index in [0.29, 0.717) is 6.04 Å². The maximum Gasteiger partial charge on any atom is 0.216 e. The van der Waals surface area contributed by atoms with Gasteiger partial charge in [0.1, 0.15) is 5.60 Å². The quantitative estimate of drug-likeness (QED) is 0.877. The number of hydrogen-bond donors (Lipinski definition) is 1. The molecule has 17 heavy (non-hydrogen) atoms. The lowest BCUT2D eigenvalue weighted by molar-refractivity contribution is 0.115. The number of nitrogens with zero attached hydrogens (tertiary/aromatic N) is 2. The van der Waals surface area contributed by atoms with Crippen LogP contribution in [0.25, 0.3) is 0 Å². The fraction of sp³-hybridized carbons (Fsp3) is 0.769. The molecular weight excluding hydrogens is 214 g/mol. The van der Waals surface area contributed by atoms with Gasteiger partial charge in [-0.2, -0.15) is 5.10 Å². The lowest BCUT2D eigenvalue weighted by Crippen LogP contribution is -2.26. The van der Waals surface area contributed by atoms with Crippen molar-refractivity contribution in [2.45, 2.75) is 59.7 Å². The van der Waals surface area contributed by atoms with Crippen LogP contribution >= 0.6 is 0 Å². The second-order valence-electron chi connectivity index (χ2n) is 5.74. The topological polar surface area (TPSA) is 39.1 Å². The second-order valence-corrected chi connectivity index (χ2v) is 5.74. The predicted octanol–water partition coefficient (Wildman–Crippen LogP) is 2.40. The van der Waals surface area contributed by atoms with Crippen LogP contribution in [0.15, 0.2) is 0 Å². The molecule has 0 radical (unpaired) electrons. The average Bonchev–Trinajstić information content (AvgIpc) is 2.36. The van der Waals surface area contributed by atoms with E-state index in [0.717, 1.165) is 23.7 Å². The molecule has 0 atom stereocenters. The molecule has 1 rings (SSSR count). The van der Waals surface area contributed by atoms with Crippen molar-refractivity contribution in [3.8, 4) is 5.88 Å². The largest absolute Gasteiger partial charge is 0.472 e. The minimum atomic E-state index is -0.202. The molecule has 0 unspecified atom stereocenters. The van der Waals surface area contributed by atoms with Crippen molar-refractivity contribution in [3.63, 3.8) is 0 Å². The summed E-state index contributed by atoms with van der Waals surface area (Å²) in [7, 11) is 1.92. The van der Waals surface area contributed by atoms with Gasteiger partial charge in [0.05, 0.1) is 11.3 Å². The van der Waals surface area contributed by atoms with Gasteiger partial charge in [0.25, 0.3) is 0 Å². The Morgan fingerprint density at radius 1 is 1.35 bits per heavy atom. The van der Waals surface area contributed by atoms with E-state index in [1.54, 1.807) is 0 Å². The molecule has 1 aromatic rings. The SMILES string of the molecule is Cc1nn(C)c(OC(C)(C)C)c1CNC(C)C. The zero-order valence-corrected chi connectivity index (χ0v) is 12.1. The minimum absolute atomic E-state index is 0.202. The molecule has 0 spiro atoms. The van der Waals surface area contributed by atoms with Crippen LogP contribution in [0.3, 0.4) is 0 Å². The van der Waals surface area contributed by atoms with Gasteiger partial charge in [0, 0.05) is 19.6 Å². The maximum atomic E-state index is 5.98. The number of aryl methyl sites for hydroxylation is 2. The van der Waals surface area contributed by atoms with E-state index in [2.05, 4.69) is 45.0 Å². The Morgan fingerprint density at radius 3 is 2.41 bits per heavy atom. The molecule has 1 N–H and O–H groups in total. The Labute approximate surface area is 104 Å². The monoisotopic (exact) mass is 239 g/mol. The van der Waals surface area contributed by atoms with Crippen molar-refractivity contribution in [2.24, 2.45) is 7.05 Å². The molecule has 0 aliphatic carbocycles. The molecule has 1 aromatic heterocycles. The number of hydrogen-bond acceptors (Lipinski definition) is 3. The third-order valence-corrected chi connectivity index (χ3v) is 2.38. The van der Waals surface area contributed by atoms with Crippen LogP contribution in [0.2, 0.25) is 0 Å².